The summed E-state index contributed by atoms with van der Waals surface area (Å²) in [6.07, 6.45) is 7.80. The van der Waals surface area contributed by atoms with Crippen LogP contribution in [0.5, 0.6) is 0 Å². The molecule has 3 aliphatic rings. The van der Waals surface area contributed by atoms with Crippen LogP contribution in [0.1, 0.15) is 64.7 Å². The largest absolute Gasteiger partial charge is 0.462 e. The highest BCUT2D eigenvalue weighted by molar-refractivity contribution is 6.07. The number of esters is 1. The Kier molecular flexibility index (Phi) is 4.60. The molecule has 0 unspecified atom stereocenters. The van der Waals surface area contributed by atoms with Crippen molar-refractivity contribution in [1.82, 2.24) is 10.6 Å². The molecule has 1 saturated heterocycles. The van der Waals surface area contributed by atoms with E-state index in [0.717, 1.165) is 25.7 Å². The normalized spacial score (nSPS) is 37.3. The van der Waals surface area contributed by atoms with Gasteiger partial charge in [-0.15, -0.1) is 0 Å². The first kappa shape index (κ1) is 16.3. The monoisotopic (exact) mass is 322 g/mol. The molecule has 1 spiro atoms. The third kappa shape index (κ3) is 3.21. The summed E-state index contributed by atoms with van der Waals surface area (Å²) in [7, 11) is 0. The van der Waals surface area contributed by atoms with Crippen molar-refractivity contribution in [3.8, 4) is 0 Å². The molecule has 0 aromatic carbocycles. The van der Waals surface area contributed by atoms with Crippen molar-refractivity contribution < 1.29 is 19.1 Å². The van der Waals surface area contributed by atoms with E-state index in [2.05, 4.69) is 17.6 Å². The Labute approximate surface area is 136 Å². The van der Waals surface area contributed by atoms with Gasteiger partial charge in [0.05, 0.1) is 5.92 Å². The highest BCUT2D eigenvalue weighted by Gasteiger charge is 2.49. The van der Waals surface area contributed by atoms with Gasteiger partial charge in [-0.3, -0.25) is 14.9 Å². The van der Waals surface area contributed by atoms with E-state index in [9.17, 15) is 14.4 Å². The fourth-order valence-electron chi connectivity index (χ4n) is 4.27. The van der Waals surface area contributed by atoms with Crippen LogP contribution in [-0.4, -0.2) is 29.6 Å². The second-order valence-electron chi connectivity index (χ2n) is 7.19. The van der Waals surface area contributed by atoms with Gasteiger partial charge in [-0.05, 0) is 57.3 Å². The van der Waals surface area contributed by atoms with Gasteiger partial charge in [-0.2, -0.15) is 0 Å². The van der Waals surface area contributed by atoms with Crippen molar-refractivity contribution in [3.05, 3.63) is 0 Å². The van der Waals surface area contributed by atoms with E-state index in [-0.39, 0.29) is 23.9 Å². The van der Waals surface area contributed by atoms with Crippen LogP contribution in [0, 0.1) is 11.8 Å². The van der Waals surface area contributed by atoms with Crippen molar-refractivity contribution in [2.75, 3.05) is 0 Å². The van der Waals surface area contributed by atoms with Gasteiger partial charge in [0, 0.05) is 0 Å². The summed E-state index contributed by atoms with van der Waals surface area (Å²) in [5, 5.41) is 5.02. The molecular formula is C17H26N2O4. The van der Waals surface area contributed by atoms with Crippen LogP contribution in [0.3, 0.4) is 0 Å². The molecule has 0 aromatic heterocycles. The fraction of sp³-hybridized carbons (Fsp3) is 0.824. The number of ether oxygens (including phenoxy) is 1. The molecule has 2 saturated carbocycles. The first-order valence-electron chi connectivity index (χ1n) is 8.88. The molecule has 0 aromatic rings. The zero-order valence-electron chi connectivity index (χ0n) is 13.7. The highest BCUT2D eigenvalue weighted by atomic mass is 16.5. The average Bonchev–Trinajstić information content (AvgIpc) is 2.82. The van der Waals surface area contributed by atoms with E-state index >= 15 is 0 Å². The van der Waals surface area contributed by atoms with Crippen LogP contribution in [0.4, 0.5) is 4.79 Å². The maximum atomic E-state index is 12.5. The molecule has 1 heterocycles. The van der Waals surface area contributed by atoms with Gasteiger partial charge in [0.25, 0.3) is 5.91 Å². The Morgan fingerprint density at radius 3 is 2.48 bits per heavy atom. The number of imide groups is 1. The van der Waals surface area contributed by atoms with E-state index in [1.54, 1.807) is 0 Å². The van der Waals surface area contributed by atoms with Crippen LogP contribution in [0.25, 0.3) is 0 Å². The zero-order chi connectivity index (χ0) is 16.4. The summed E-state index contributed by atoms with van der Waals surface area (Å²) in [6, 6.07) is -0.427. The maximum Gasteiger partial charge on any atom is 0.322 e. The molecule has 3 rings (SSSR count). The number of hydrogen-bond acceptors (Lipinski definition) is 4. The third-order valence-electron chi connectivity index (χ3n) is 5.82. The molecule has 128 valence electrons. The molecule has 1 aliphatic heterocycles. The van der Waals surface area contributed by atoms with E-state index in [1.165, 1.54) is 6.42 Å². The molecule has 6 nitrogen and oxygen atoms in total. The van der Waals surface area contributed by atoms with Gasteiger partial charge >= 0.3 is 12.0 Å². The molecule has 3 fully saturated rings. The number of carbonyl (C=O) groups is 3. The van der Waals surface area contributed by atoms with Gasteiger partial charge in [-0.25, -0.2) is 4.79 Å². The number of urea groups is 1. The summed E-state index contributed by atoms with van der Waals surface area (Å²) in [6.45, 7) is 2.16. The number of rotatable bonds is 3. The topological polar surface area (TPSA) is 84.5 Å². The fourth-order valence-corrected chi connectivity index (χ4v) is 4.27. The molecule has 2 atom stereocenters. The molecule has 0 radical (unpaired) electrons. The van der Waals surface area contributed by atoms with Crippen LogP contribution < -0.4 is 10.6 Å². The number of nitrogens with one attached hydrogen (secondary N) is 2. The van der Waals surface area contributed by atoms with E-state index in [1.807, 2.05) is 0 Å². The van der Waals surface area contributed by atoms with E-state index in [0.29, 0.717) is 31.6 Å². The van der Waals surface area contributed by atoms with Crippen LogP contribution in [0.15, 0.2) is 0 Å². The van der Waals surface area contributed by atoms with Crippen molar-refractivity contribution in [3.63, 3.8) is 0 Å². The zero-order valence-corrected chi connectivity index (χ0v) is 13.7. The number of amides is 3. The summed E-state index contributed by atoms with van der Waals surface area (Å²) in [4.78, 5) is 35.7. The Bertz CT molecular complexity index is 497. The predicted molar refractivity (Wildman–Crippen MR) is 83.5 cm³/mol. The molecule has 3 amide bonds. The van der Waals surface area contributed by atoms with Gasteiger partial charge in [-0.1, -0.05) is 13.3 Å². The minimum Gasteiger partial charge on any atom is -0.462 e. The summed E-state index contributed by atoms with van der Waals surface area (Å²) in [5.41, 5.74) is -0.801. The molecule has 2 N–H and O–H groups in total. The lowest BCUT2D eigenvalue weighted by molar-refractivity contribution is -0.160. The maximum absolute atomic E-state index is 12.5. The van der Waals surface area contributed by atoms with Crippen molar-refractivity contribution in [2.45, 2.75) is 76.4 Å². The first-order valence-corrected chi connectivity index (χ1v) is 8.88. The van der Waals surface area contributed by atoms with Crippen molar-refractivity contribution >= 4 is 17.9 Å². The van der Waals surface area contributed by atoms with E-state index < -0.39 is 11.6 Å². The lowest BCUT2D eigenvalue weighted by Gasteiger charge is -2.35. The lowest BCUT2D eigenvalue weighted by Crippen LogP contribution is -2.50. The Morgan fingerprint density at radius 1 is 1.17 bits per heavy atom. The standard InChI is InChI=1S/C17H26N2O4/c1-2-11-5-3-4-6-13(11)23-14(20)12-7-9-17(10-8-12)15(21)18-16(22)19-17/h11-13H,2-10H2,1H3,(H2,18,19,21,22)/t11-,12?,13-,17?/m0/s1. The molecular weight excluding hydrogens is 296 g/mol. The SMILES string of the molecule is CC[C@H]1CCCC[C@@H]1OC(=O)C1CCC2(CC1)NC(=O)NC2=O. The minimum absolute atomic E-state index is 0.0617. The smallest absolute Gasteiger partial charge is 0.322 e. The van der Waals surface area contributed by atoms with Crippen LogP contribution in [-0.2, 0) is 14.3 Å². The second-order valence-corrected chi connectivity index (χ2v) is 7.19. The van der Waals surface area contributed by atoms with Crippen molar-refractivity contribution in [1.29, 1.82) is 0 Å². The summed E-state index contributed by atoms with van der Waals surface area (Å²) in [5.74, 6) is -0.0320. The Balaban J connectivity index is 1.54. The summed E-state index contributed by atoms with van der Waals surface area (Å²) < 4.78 is 5.81. The third-order valence-corrected chi connectivity index (χ3v) is 5.82. The van der Waals surface area contributed by atoms with Gasteiger partial charge < -0.3 is 10.1 Å². The molecule has 2 aliphatic carbocycles. The second kappa shape index (κ2) is 6.49. The van der Waals surface area contributed by atoms with Crippen molar-refractivity contribution in [2.24, 2.45) is 11.8 Å². The Hall–Kier alpha value is -1.59. The first-order chi connectivity index (χ1) is 11.0. The number of hydrogen-bond donors (Lipinski definition) is 2. The molecule has 6 heteroatoms. The number of carbonyl (C=O) groups excluding carboxylic acids is 3. The van der Waals surface area contributed by atoms with Gasteiger partial charge in [0.2, 0.25) is 0 Å². The Morgan fingerprint density at radius 2 is 1.87 bits per heavy atom. The highest BCUT2D eigenvalue weighted by Crippen LogP contribution is 2.36. The van der Waals surface area contributed by atoms with Crippen LogP contribution >= 0.6 is 0 Å². The quantitative estimate of drug-likeness (QED) is 0.616. The van der Waals surface area contributed by atoms with Gasteiger partial charge in [0.15, 0.2) is 0 Å². The van der Waals surface area contributed by atoms with Crippen LogP contribution in [0.2, 0.25) is 0 Å². The summed E-state index contributed by atoms with van der Waals surface area (Å²) >= 11 is 0. The predicted octanol–water partition coefficient (Wildman–Crippen LogP) is 2.27. The lowest BCUT2D eigenvalue weighted by atomic mass is 9.76. The molecule has 0 bridgehead atoms. The minimum atomic E-state index is -0.801. The average molecular weight is 322 g/mol. The molecule has 23 heavy (non-hydrogen) atoms. The van der Waals surface area contributed by atoms with Gasteiger partial charge in [0.1, 0.15) is 11.6 Å². The van der Waals surface area contributed by atoms with E-state index in [4.69, 9.17) is 4.74 Å².